The molecule has 0 saturated heterocycles. The summed E-state index contributed by atoms with van der Waals surface area (Å²) in [5.74, 6) is 1.83. The van der Waals surface area contributed by atoms with Crippen LogP contribution >= 0.6 is 0 Å². The normalized spacial score (nSPS) is 18.0. The Balaban J connectivity index is 1.65. The second-order valence-electron chi connectivity index (χ2n) is 5.69. The molecule has 3 heteroatoms. The minimum Gasteiger partial charge on any atom is -0.489 e. The van der Waals surface area contributed by atoms with E-state index in [0.717, 1.165) is 23.5 Å². The Morgan fingerprint density at radius 1 is 1.29 bits per heavy atom. The van der Waals surface area contributed by atoms with Crippen molar-refractivity contribution >= 4 is 0 Å². The van der Waals surface area contributed by atoms with Gasteiger partial charge in [0.1, 0.15) is 24.2 Å². The van der Waals surface area contributed by atoms with Crippen LogP contribution in [0.5, 0.6) is 11.5 Å². The smallest absolute Gasteiger partial charge is 0.137 e. The van der Waals surface area contributed by atoms with Gasteiger partial charge >= 0.3 is 0 Å². The highest BCUT2D eigenvalue weighted by atomic mass is 16.5. The standard InChI is InChI=1S/C18H21NO2/c1-12-7-8-17-14(9-12)10-15(21-17)11-20-18-6-4-3-5-16(18)13(2)19/h3-9,13,15H,10-11,19H2,1-2H3/t13-,15?/m0/s1. The summed E-state index contributed by atoms with van der Waals surface area (Å²) in [6.07, 6.45) is 0.972. The van der Waals surface area contributed by atoms with Gasteiger partial charge in [0.15, 0.2) is 0 Å². The van der Waals surface area contributed by atoms with Gasteiger partial charge in [0, 0.05) is 18.0 Å². The fourth-order valence-electron chi connectivity index (χ4n) is 2.71. The quantitative estimate of drug-likeness (QED) is 0.935. The van der Waals surface area contributed by atoms with E-state index in [4.69, 9.17) is 15.2 Å². The lowest BCUT2D eigenvalue weighted by Crippen LogP contribution is -2.23. The van der Waals surface area contributed by atoms with Crippen molar-refractivity contribution in [3.63, 3.8) is 0 Å². The molecule has 2 N–H and O–H groups in total. The van der Waals surface area contributed by atoms with Gasteiger partial charge in [0.05, 0.1) is 0 Å². The van der Waals surface area contributed by atoms with Crippen LogP contribution in [0.2, 0.25) is 0 Å². The van der Waals surface area contributed by atoms with Crippen molar-refractivity contribution in [1.29, 1.82) is 0 Å². The third-order valence-corrected chi connectivity index (χ3v) is 3.79. The van der Waals surface area contributed by atoms with Gasteiger partial charge < -0.3 is 15.2 Å². The summed E-state index contributed by atoms with van der Waals surface area (Å²) in [7, 11) is 0. The van der Waals surface area contributed by atoms with Crippen LogP contribution in [0.15, 0.2) is 42.5 Å². The van der Waals surface area contributed by atoms with E-state index in [-0.39, 0.29) is 12.1 Å². The summed E-state index contributed by atoms with van der Waals surface area (Å²) < 4.78 is 11.9. The van der Waals surface area contributed by atoms with Crippen molar-refractivity contribution in [3.05, 3.63) is 59.2 Å². The molecule has 0 spiro atoms. The second-order valence-corrected chi connectivity index (χ2v) is 5.69. The highest BCUT2D eigenvalue weighted by Crippen LogP contribution is 2.30. The van der Waals surface area contributed by atoms with Gasteiger partial charge in [0.2, 0.25) is 0 Å². The summed E-state index contributed by atoms with van der Waals surface area (Å²) >= 11 is 0. The lowest BCUT2D eigenvalue weighted by atomic mass is 10.1. The van der Waals surface area contributed by atoms with Gasteiger partial charge in [-0.1, -0.05) is 35.9 Å². The molecule has 3 rings (SSSR count). The molecule has 0 bridgehead atoms. The summed E-state index contributed by atoms with van der Waals surface area (Å²) in [5, 5.41) is 0. The Bertz CT molecular complexity index is 637. The molecule has 2 aromatic carbocycles. The van der Waals surface area contributed by atoms with Crippen LogP contribution in [-0.2, 0) is 6.42 Å². The highest BCUT2D eigenvalue weighted by Gasteiger charge is 2.23. The summed E-state index contributed by atoms with van der Waals surface area (Å²) in [6, 6.07) is 14.2. The van der Waals surface area contributed by atoms with Crippen LogP contribution in [0, 0.1) is 6.92 Å². The SMILES string of the molecule is Cc1ccc2c(c1)CC(COc1ccccc1[C@H](C)N)O2. The zero-order chi connectivity index (χ0) is 14.8. The van der Waals surface area contributed by atoms with Crippen LogP contribution < -0.4 is 15.2 Å². The van der Waals surface area contributed by atoms with Crippen molar-refractivity contribution in [3.8, 4) is 11.5 Å². The Kier molecular flexibility index (Phi) is 3.84. The molecular weight excluding hydrogens is 262 g/mol. The summed E-state index contributed by atoms with van der Waals surface area (Å²) in [6.45, 7) is 4.60. The maximum Gasteiger partial charge on any atom is 0.137 e. The van der Waals surface area contributed by atoms with Gasteiger partial charge in [0.25, 0.3) is 0 Å². The zero-order valence-electron chi connectivity index (χ0n) is 12.5. The molecule has 2 atom stereocenters. The fourth-order valence-corrected chi connectivity index (χ4v) is 2.71. The van der Waals surface area contributed by atoms with Gasteiger partial charge in [-0.25, -0.2) is 0 Å². The largest absolute Gasteiger partial charge is 0.489 e. The van der Waals surface area contributed by atoms with Crippen LogP contribution in [0.1, 0.15) is 29.7 Å². The molecule has 110 valence electrons. The molecule has 1 heterocycles. The van der Waals surface area contributed by atoms with Crippen LogP contribution in [0.25, 0.3) is 0 Å². The minimum absolute atomic E-state index is 0.0365. The van der Waals surface area contributed by atoms with Gasteiger partial charge in [-0.2, -0.15) is 0 Å². The molecule has 0 saturated carbocycles. The topological polar surface area (TPSA) is 44.5 Å². The zero-order valence-corrected chi connectivity index (χ0v) is 12.5. The maximum absolute atomic E-state index is 5.97. The lowest BCUT2D eigenvalue weighted by Gasteiger charge is -2.16. The van der Waals surface area contributed by atoms with Crippen LogP contribution in [0.4, 0.5) is 0 Å². The number of benzene rings is 2. The first-order valence-electron chi connectivity index (χ1n) is 7.37. The first-order valence-corrected chi connectivity index (χ1v) is 7.37. The van der Waals surface area contributed by atoms with E-state index in [1.807, 2.05) is 37.3 Å². The minimum atomic E-state index is -0.0365. The average Bonchev–Trinajstić information content (AvgIpc) is 2.87. The average molecular weight is 283 g/mol. The third kappa shape index (κ3) is 3.03. The number of fused-ring (bicyclic) bond motifs is 1. The number of aryl methyl sites for hydroxylation is 1. The van der Waals surface area contributed by atoms with Crippen LogP contribution in [0.3, 0.4) is 0 Å². The van der Waals surface area contributed by atoms with E-state index in [0.29, 0.717) is 6.61 Å². The van der Waals surface area contributed by atoms with Crippen molar-refractivity contribution in [1.82, 2.24) is 0 Å². The first-order chi connectivity index (χ1) is 10.1. The molecule has 1 aliphatic heterocycles. The third-order valence-electron chi connectivity index (χ3n) is 3.79. The predicted octanol–water partition coefficient (Wildman–Crippen LogP) is 3.40. The lowest BCUT2D eigenvalue weighted by molar-refractivity contribution is 0.147. The Morgan fingerprint density at radius 2 is 2.10 bits per heavy atom. The first kappa shape index (κ1) is 14.0. The summed E-state index contributed by atoms with van der Waals surface area (Å²) in [4.78, 5) is 0. The molecule has 0 aromatic heterocycles. The van der Waals surface area contributed by atoms with Crippen molar-refractivity contribution in [2.24, 2.45) is 5.73 Å². The highest BCUT2D eigenvalue weighted by molar-refractivity contribution is 5.40. The Labute approximate surface area is 125 Å². The van der Waals surface area contributed by atoms with E-state index in [1.165, 1.54) is 11.1 Å². The second kappa shape index (κ2) is 5.78. The monoisotopic (exact) mass is 283 g/mol. The Morgan fingerprint density at radius 3 is 2.90 bits per heavy atom. The summed E-state index contributed by atoms with van der Waals surface area (Å²) in [5.41, 5.74) is 9.54. The number of rotatable bonds is 4. The molecular formula is C18H21NO2. The van der Waals surface area contributed by atoms with E-state index >= 15 is 0 Å². The van der Waals surface area contributed by atoms with Gasteiger partial charge in [-0.3, -0.25) is 0 Å². The van der Waals surface area contributed by atoms with E-state index in [1.54, 1.807) is 0 Å². The fraction of sp³-hybridized carbons (Fsp3) is 0.333. The maximum atomic E-state index is 5.97. The van der Waals surface area contributed by atoms with Crippen molar-refractivity contribution in [2.75, 3.05) is 6.61 Å². The molecule has 21 heavy (non-hydrogen) atoms. The number of hydrogen-bond donors (Lipinski definition) is 1. The molecule has 0 amide bonds. The molecule has 2 aromatic rings. The molecule has 0 aliphatic carbocycles. The number of para-hydroxylation sites is 1. The van der Waals surface area contributed by atoms with Crippen LogP contribution in [-0.4, -0.2) is 12.7 Å². The van der Waals surface area contributed by atoms with E-state index < -0.39 is 0 Å². The Hall–Kier alpha value is -2.00. The molecule has 1 unspecified atom stereocenters. The molecule has 0 fully saturated rings. The molecule has 1 aliphatic rings. The number of ether oxygens (including phenoxy) is 2. The van der Waals surface area contributed by atoms with E-state index in [9.17, 15) is 0 Å². The molecule has 0 radical (unpaired) electrons. The van der Waals surface area contributed by atoms with Crippen molar-refractivity contribution in [2.45, 2.75) is 32.4 Å². The van der Waals surface area contributed by atoms with Crippen molar-refractivity contribution < 1.29 is 9.47 Å². The van der Waals surface area contributed by atoms with E-state index in [2.05, 4.69) is 19.1 Å². The number of nitrogens with two attached hydrogens (primary N) is 1. The van der Waals surface area contributed by atoms with Gasteiger partial charge in [-0.05, 0) is 31.5 Å². The molecule has 3 nitrogen and oxygen atoms in total. The predicted molar refractivity (Wildman–Crippen MR) is 83.8 cm³/mol. The number of hydrogen-bond acceptors (Lipinski definition) is 3. The van der Waals surface area contributed by atoms with Gasteiger partial charge in [-0.15, -0.1) is 0 Å².